The highest BCUT2D eigenvalue weighted by atomic mass is 79.9. The van der Waals surface area contributed by atoms with Gasteiger partial charge in [-0.15, -0.1) is 0 Å². The van der Waals surface area contributed by atoms with Gasteiger partial charge in [0, 0.05) is 11.9 Å². The zero-order valence-electron chi connectivity index (χ0n) is 11.1. The number of hydrogen-bond donors (Lipinski definition) is 0. The van der Waals surface area contributed by atoms with Crippen molar-refractivity contribution >= 4 is 15.9 Å². The predicted molar refractivity (Wildman–Crippen MR) is 77.7 cm³/mol. The molecule has 0 heterocycles. The van der Waals surface area contributed by atoms with E-state index in [9.17, 15) is 0 Å². The summed E-state index contributed by atoms with van der Waals surface area (Å²) in [5, 5.41) is 0.858. The average molecular weight is 299 g/mol. The van der Waals surface area contributed by atoms with Crippen molar-refractivity contribution in [2.45, 2.75) is 39.7 Å². The van der Waals surface area contributed by atoms with Crippen molar-refractivity contribution in [3.63, 3.8) is 0 Å². The first-order valence-corrected chi connectivity index (χ1v) is 7.54. The maximum absolute atomic E-state index is 6.03. The van der Waals surface area contributed by atoms with Gasteiger partial charge in [-0.1, -0.05) is 60.5 Å². The normalized spacial score (nSPS) is 14.6. The van der Waals surface area contributed by atoms with Gasteiger partial charge in [0.05, 0.1) is 6.10 Å². The Kier molecular flexibility index (Phi) is 6.83. The molecule has 0 aromatic heterocycles. The van der Waals surface area contributed by atoms with Crippen LogP contribution in [0.2, 0.25) is 0 Å². The van der Waals surface area contributed by atoms with Gasteiger partial charge in [-0.3, -0.25) is 0 Å². The standard InChI is InChI=1S/C15H23BrO/c1-4-7-12(2)11-17-15(10-16)14-9-6-5-8-13(14)3/h5-6,8-9,12,15H,4,7,10-11H2,1-3H3. The third-order valence-corrected chi connectivity index (χ3v) is 3.63. The molecular weight excluding hydrogens is 276 g/mol. The molecule has 2 heteroatoms. The zero-order valence-corrected chi connectivity index (χ0v) is 12.7. The van der Waals surface area contributed by atoms with Gasteiger partial charge in [0.15, 0.2) is 0 Å². The Labute approximate surface area is 114 Å². The van der Waals surface area contributed by atoms with Gasteiger partial charge in [-0.05, 0) is 30.4 Å². The molecule has 17 heavy (non-hydrogen) atoms. The lowest BCUT2D eigenvalue weighted by molar-refractivity contribution is 0.0445. The molecule has 0 bridgehead atoms. The van der Waals surface area contributed by atoms with Gasteiger partial charge in [-0.25, -0.2) is 0 Å². The third kappa shape index (κ3) is 4.81. The van der Waals surface area contributed by atoms with Gasteiger partial charge in [0.2, 0.25) is 0 Å². The largest absolute Gasteiger partial charge is 0.372 e. The molecule has 0 aliphatic carbocycles. The van der Waals surface area contributed by atoms with Crippen LogP contribution in [0.4, 0.5) is 0 Å². The molecule has 1 rings (SSSR count). The van der Waals surface area contributed by atoms with Crippen LogP contribution in [-0.2, 0) is 4.74 Å². The fraction of sp³-hybridized carbons (Fsp3) is 0.600. The van der Waals surface area contributed by atoms with E-state index in [1.165, 1.54) is 24.0 Å². The Balaban J connectivity index is 2.57. The van der Waals surface area contributed by atoms with Gasteiger partial charge >= 0.3 is 0 Å². The summed E-state index contributed by atoms with van der Waals surface area (Å²) in [6, 6.07) is 8.45. The van der Waals surface area contributed by atoms with E-state index in [1.54, 1.807) is 0 Å². The van der Waals surface area contributed by atoms with E-state index >= 15 is 0 Å². The van der Waals surface area contributed by atoms with Crippen molar-refractivity contribution in [2.75, 3.05) is 11.9 Å². The lowest BCUT2D eigenvalue weighted by Crippen LogP contribution is -2.13. The summed E-state index contributed by atoms with van der Waals surface area (Å²) in [7, 11) is 0. The second kappa shape index (κ2) is 7.88. The van der Waals surface area contributed by atoms with Gasteiger partial charge in [0.1, 0.15) is 0 Å². The molecule has 0 radical (unpaired) electrons. The molecule has 0 saturated heterocycles. The molecule has 2 unspecified atom stereocenters. The van der Waals surface area contributed by atoms with Gasteiger partial charge < -0.3 is 4.74 Å². The number of hydrogen-bond acceptors (Lipinski definition) is 1. The van der Waals surface area contributed by atoms with E-state index in [2.05, 4.69) is 61.0 Å². The van der Waals surface area contributed by atoms with E-state index in [4.69, 9.17) is 4.74 Å². The van der Waals surface area contributed by atoms with Crippen LogP contribution in [0.15, 0.2) is 24.3 Å². The van der Waals surface area contributed by atoms with Crippen molar-refractivity contribution in [1.29, 1.82) is 0 Å². The smallest absolute Gasteiger partial charge is 0.0924 e. The Morgan fingerprint density at radius 3 is 2.59 bits per heavy atom. The fourth-order valence-corrected chi connectivity index (χ4v) is 2.56. The molecule has 0 amide bonds. The average Bonchev–Trinajstić information content (AvgIpc) is 2.32. The summed E-state index contributed by atoms with van der Waals surface area (Å²) in [5.41, 5.74) is 2.60. The van der Waals surface area contributed by atoms with Crippen molar-refractivity contribution in [2.24, 2.45) is 5.92 Å². The first-order chi connectivity index (χ1) is 8.19. The summed E-state index contributed by atoms with van der Waals surface area (Å²) < 4.78 is 6.03. The molecule has 96 valence electrons. The quantitative estimate of drug-likeness (QED) is 0.652. The van der Waals surface area contributed by atoms with Crippen LogP contribution >= 0.6 is 15.9 Å². The molecule has 2 atom stereocenters. The van der Waals surface area contributed by atoms with E-state index in [0.29, 0.717) is 5.92 Å². The maximum atomic E-state index is 6.03. The van der Waals surface area contributed by atoms with Crippen LogP contribution in [0.3, 0.4) is 0 Å². The second-order valence-corrected chi connectivity index (χ2v) is 5.37. The Morgan fingerprint density at radius 1 is 1.29 bits per heavy atom. The lowest BCUT2D eigenvalue weighted by Gasteiger charge is -2.20. The number of benzene rings is 1. The van der Waals surface area contributed by atoms with Crippen LogP contribution < -0.4 is 0 Å². The van der Waals surface area contributed by atoms with E-state index in [0.717, 1.165) is 11.9 Å². The number of halogens is 1. The Hall–Kier alpha value is -0.340. The van der Waals surface area contributed by atoms with Crippen molar-refractivity contribution < 1.29 is 4.74 Å². The van der Waals surface area contributed by atoms with Gasteiger partial charge in [0.25, 0.3) is 0 Å². The molecule has 0 spiro atoms. The summed E-state index contributed by atoms with van der Waals surface area (Å²) >= 11 is 3.55. The fourth-order valence-electron chi connectivity index (χ4n) is 2.02. The van der Waals surface area contributed by atoms with Crippen molar-refractivity contribution in [3.8, 4) is 0 Å². The highest BCUT2D eigenvalue weighted by molar-refractivity contribution is 9.09. The minimum atomic E-state index is 0.176. The molecular formula is C15H23BrO. The second-order valence-electron chi connectivity index (χ2n) is 4.73. The molecule has 1 aromatic carbocycles. The van der Waals surface area contributed by atoms with E-state index in [-0.39, 0.29) is 6.10 Å². The number of alkyl halides is 1. The number of aryl methyl sites for hydroxylation is 1. The third-order valence-electron chi connectivity index (χ3n) is 3.04. The minimum Gasteiger partial charge on any atom is -0.372 e. The molecule has 0 N–H and O–H groups in total. The SMILES string of the molecule is CCCC(C)COC(CBr)c1ccccc1C. The molecule has 1 nitrogen and oxygen atoms in total. The van der Waals surface area contributed by atoms with Crippen LogP contribution in [0.1, 0.15) is 43.9 Å². The van der Waals surface area contributed by atoms with Crippen LogP contribution in [0.5, 0.6) is 0 Å². The first-order valence-electron chi connectivity index (χ1n) is 6.42. The molecule has 0 aliphatic rings. The topological polar surface area (TPSA) is 9.23 Å². The minimum absolute atomic E-state index is 0.176. The van der Waals surface area contributed by atoms with Crippen LogP contribution in [0.25, 0.3) is 0 Å². The maximum Gasteiger partial charge on any atom is 0.0924 e. The number of ether oxygens (including phenoxy) is 1. The monoisotopic (exact) mass is 298 g/mol. The van der Waals surface area contributed by atoms with Crippen LogP contribution in [-0.4, -0.2) is 11.9 Å². The highest BCUT2D eigenvalue weighted by Crippen LogP contribution is 2.24. The predicted octanol–water partition coefficient (Wildman–Crippen LogP) is 4.88. The van der Waals surface area contributed by atoms with Crippen molar-refractivity contribution in [1.82, 2.24) is 0 Å². The van der Waals surface area contributed by atoms with E-state index in [1.807, 2.05) is 0 Å². The van der Waals surface area contributed by atoms with Crippen LogP contribution in [0, 0.1) is 12.8 Å². The Bertz CT molecular complexity index is 324. The van der Waals surface area contributed by atoms with E-state index < -0.39 is 0 Å². The summed E-state index contributed by atoms with van der Waals surface area (Å²) in [4.78, 5) is 0. The summed E-state index contributed by atoms with van der Waals surface area (Å²) in [5.74, 6) is 0.644. The highest BCUT2D eigenvalue weighted by Gasteiger charge is 2.13. The number of rotatable bonds is 7. The molecule has 0 fully saturated rings. The van der Waals surface area contributed by atoms with Gasteiger partial charge in [-0.2, -0.15) is 0 Å². The lowest BCUT2D eigenvalue weighted by atomic mass is 10.0. The first kappa shape index (κ1) is 14.7. The molecule has 0 aliphatic heterocycles. The molecule has 1 aromatic rings. The zero-order chi connectivity index (χ0) is 12.7. The summed E-state index contributed by atoms with van der Waals surface area (Å²) in [6.07, 6.45) is 2.65. The molecule has 0 saturated carbocycles. The summed E-state index contributed by atoms with van der Waals surface area (Å²) in [6.45, 7) is 7.47. The Morgan fingerprint density at radius 2 is 2.00 bits per heavy atom. The van der Waals surface area contributed by atoms with Crippen molar-refractivity contribution in [3.05, 3.63) is 35.4 Å².